The fourth-order valence-corrected chi connectivity index (χ4v) is 6.21. The molecule has 4 rings (SSSR count). The molecule has 1 atom stereocenters. The molecule has 4 nitrogen and oxygen atoms in total. The number of carbonyl (C=O) groups excluding carboxylic acids is 1. The van der Waals surface area contributed by atoms with Gasteiger partial charge in [-0.2, -0.15) is 0 Å². The number of hydrogen-bond acceptors (Lipinski definition) is 3. The van der Waals surface area contributed by atoms with Crippen molar-refractivity contribution in [2.45, 2.75) is 75.5 Å². The second-order valence-corrected chi connectivity index (χ2v) is 11.4. The van der Waals surface area contributed by atoms with E-state index in [0.29, 0.717) is 10.8 Å². The zero-order chi connectivity index (χ0) is 21.8. The van der Waals surface area contributed by atoms with Gasteiger partial charge >= 0.3 is 0 Å². The number of fused-ring (bicyclic) bond motifs is 1. The van der Waals surface area contributed by atoms with Crippen molar-refractivity contribution in [2.24, 2.45) is 5.92 Å². The largest absolute Gasteiger partial charge is 0.326 e. The minimum atomic E-state index is -3.21. The third-order valence-electron chi connectivity index (χ3n) is 7.03. The van der Waals surface area contributed by atoms with Crippen molar-refractivity contribution in [2.75, 3.05) is 11.1 Å². The molecule has 1 unspecified atom stereocenters. The van der Waals surface area contributed by atoms with Crippen LogP contribution in [-0.4, -0.2) is 20.1 Å². The number of aryl methyl sites for hydroxylation is 1. The summed E-state index contributed by atoms with van der Waals surface area (Å²) in [5.74, 6) is 1.51. The lowest BCUT2D eigenvalue weighted by molar-refractivity contribution is -0.115. The Morgan fingerprint density at radius 2 is 1.71 bits per heavy atom. The molecule has 31 heavy (non-hydrogen) atoms. The van der Waals surface area contributed by atoms with E-state index in [4.69, 9.17) is 0 Å². The quantitative estimate of drug-likeness (QED) is 0.631. The van der Waals surface area contributed by atoms with Crippen LogP contribution in [0.25, 0.3) is 0 Å². The first kappa shape index (κ1) is 22.1. The Morgan fingerprint density at radius 1 is 0.968 bits per heavy atom. The van der Waals surface area contributed by atoms with E-state index < -0.39 is 9.84 Å². The van der Waals surface area contributed by atoms with E-state index in [-0.39, 0.29) is 18.1 Å². The molecule has 0 aromatic heterocycles. The Hall–Kier alpha value is -2.14. The highest BCUT2D eigenvalue weighted by Gasteiger charge is 2.29. The van der Waals surface area contributed by atoms with Crippen LogP contribution >= 0.6 is 0 Å². The predicted octanol–water partition coefficient (Wildman–Crippen LogP) is 5.66. The van der Waals surface area contributed by atoms with E-state index in [2.05, 4.69) is 23.5 Å². The monoisotopic (exact) mass is 439 g/mol. The van der Waals surface area contributed by atoms with Crippen molar-refractivity contribution in [3.8, 4) is 0 Å². The summed E-state index contributed by atoms with van der Waals surface area (Å²) in [6, 6.07) is 13.1. The average molecular weight is 440 g/mol. The van der Waals surface area contributed by atoms with Gasteiger partial charge in [-0.3, -0.25) is 4.79 Å². The molecule has 2 aromatic rings. The molecular weight excluding hydrogens is 406 g/mol. The maximum atomic E-state index is 12.6. The zero-order valence-electron chi connectivity index (χ0n) is 18.4. The Balaban J connectivity index is 1.41. The van der Waals surface area contributed by atoms with Gasteiger partial charge in [0.25, 0.3) is 0 Å². The van der Waals surface area contributed by atoms with Gasteiger partial charge in [-0.15, -0.1) is 0 Å². The summed E-state index contributed by atoms with van der Waals surface area (Å²) in [5.41, 5.74) is 4.57. The summed E-state index contributed by atoms with van der Waals surface area (Å²) in [7, 11) is -3.21. The zero-order valence-corrected chi connectivity index (χ0v) is 19.2. The van der Waals surface area contributed by atoms with Crippen molar-refractivity contribution in [3.63, 3.8) is 0 Å². The van der Waals surface area contributed by atoms with Crippen LogP contribution in [0.3, 0.4) is 0 Å². The van der Waals surface area contributed by atoms with Crippen LogP contribution in [-0.2, 0) is 27.5 Å². The van der Waals surface area contributed by atoms with Crippen LogP contribution in [0.2, 0.25) is 0 Å². The summed E-state index contributed by atoms with van der Waals surface area (Å²) < 4.78 is 23.9. The Kier molecular flexibility index (Phi) is 6.80. The third-order valence-corrected chi connectivity index (χ3v) is 8.78. The average Bonchev–Trinajstić information content (AvgIpc) is 2.79. The molecule has 0 bridgehead atoms. The molecular formula is C26H33NO3S. The van der Waals surface area contributed by atoms with Crippen LogP contribution in [0, 0.1) is 5.92 Å². The maximum absolute atomic E-state index is 12.6. The summed E-state index contributed by atoms with van der Waals surface area (Å²) in [6.45, 7) is 1.63. The predicted molar refractivity (Wildman–Crippen MR) is 125 cm³/mol. The fraction of sp³-hybridized carbons (Fsp3) is 0.500. The van der Waals surface area contributed by atoms with Crippen molar-refractivity contribution >= 4 is 21.4 Å². The molecule has 166 valence electrons. The number of nitrogens with one attached hydrogen (secondary N) is 1. The van der Waals surface area contributed by atoms with Gasteiger partial charge in [0.2, 0.25) is 5.91 Å². The molecule has 1 fully saturated rings. The molecule has 0 spiro atoms. The van der Waals surface area contributed by atoms with Crippen LogP contribution in [0.5, 0.6) is 0 Å². The highest BCUT2D eigenvalue weighted by Crippen LogP contribution is 2.43. The van der Waals surface area contributed by atoms with Gasteiger partial charge in [0.1, 0.15) is 0 Å². The molecule has 2 aliphatic carbocycles. The lowest BCUT2D eigenvalue weighted by atomic mass is 9.70. The first-order valence-electron chi connectivity index (χ1n) is 11.7. The van der Waals surface area contributed by atoms with Gasteiger partial charge in [-0.1, -0.05) is 44.4 Å². The Labute approximate surface area is 186 Å². The van der Waals surface area contributed by atoms with Crippen molar-refractivity contribution in [3.05, 3.63) is 59.2 Å². The van der Waals surface area contributed by atoms with Crippen molar-refractivity contribution in [1.82, 2.24) is 0 Å². The molecule has 0 saturated heterocycles. The molecule has 5 heteroatoms. The lowest BCUT2D eigenvalue weighted by Gasteiger charge is -2.35. The number of hydrogen-bond donors (Lipinski definition) is 1. The van der Waals surface area contributed by atoms with E-state index >= 15 is 0 Å². The van der Waals surface area contributed by atoms with Crippen LogP contribution < -0.4 is 5.32 Å². The Morgan fingerprint density at radius 3 is 2.42 bits per heavy atom. The molecule has 2 aliphatic rings. The van der Waals surface area contributed by atoms with Gasteiger partial charge in [-0.05, 0) is 84.9 Å². The van der Waals surface area contributed by atoms with E-state index in [1.807, 2.05) is 0 Å². The number of amides is 1. The number of anilines is 1. The molecule has 0 heterocycles. The van der Waals surface area contributed by atoms with Crippen LogP contribution in [0.4, 0.5) is 5.69 Å². The number of carbonyl (C=O) groups is 1. The summed E-state index contributed by atoms with van der Waals surface area (Å²) in [4.78, 5) is 12.9. The molecule has 2 aromatic carbocycles. The lowest BCUT2D eigenvalue weighted by Crippen LogP contribution is -2.21. The van der Waals surface area contributed by atoms with Gasteiger partial charge in [0.05, 0.1) is 17.1 Å². The molecule has 1 saturated carbocycles. The number of rotatable bonds is 6. The van der Waals surface area contributed by atoms with Gasteiger partial charge in [-0.25, -0.2) is 8.42 Å². The molecule has 0 aliphatic heterocycles. The first-order valence-corrected chi connectivity index (χ1v) is 13.4. The van der Waals surface area contributed by atoms with Crippen molar-refractivity contribution in [1.29, 1.82) is 0 Å². The van der Waals surface area contributed by atoms with E-state index in [1.165, 1.54) is 56.1 Å². The highest BCUT2D eigenvalue weighted by atomic mass is 32.2. The smallest absolute Gasteiger partial charge is 0.228 e. The topological polar surface area (TPSA) is 63.2 Å². The SMILES string of the molecule is CCS(=O)(=O)c1ccc(CC(=O)Nc2ccc3c(c2)CCCC3C2CCCCC2)cc1. The van der Waals surface area contributed by atoms with Crippen LogP contribution in [0.15, 0.2) is 47.4 Å². The van der Waals surface area contributed by atoms with E-state index in [9.17, 15) is 13.2 Å². The Bertz CT molecular complexity index is 1020. The van der Waals surface area contributed by atoms with Gasteiger partial charge in [0.15, 0.2) is 9.84 Å². The summed E-state index contributed by atoms with van der Waals surface area (Å²) >= 11 is 0. The fourth-order valence-electron chi connectivity index (χ4n) is 5.33. The van der Waals surface area contributed by atoms with Gasteiger partial charge in [0, 0.05) is 5.69 Å². The number of sulfone groups is 1. The normalized spacial score (nSPS) is 19.6. The molecule has 1 N–H and O–H groups in total. The second-order valence-electron chi connectivity index (χ2n) is 9.08. The van der Waals surface area contributed by atoms with Gasteiger partial charge < -0.3 is 5.32 Å². The second kappa shape index (κ2) is 9.56. The summed E-state index contributed by atoms with van der Waals surface area (Å²) in [5, 5.41) is 3.03. The summed E-state index contributed by atoms with van der Waals surface area (Å²) in [6.07, 6.45) is 10.7. The maximum Gasteiger partial charge on any atom is 0.228 e. The number of benzene rings is 2. The van der Waals surface area contributed by atoms with E-state index in [0.717, 1.165) is 23.6 Å². The highest BCUT2D eigenvalue weighted by molar-refractivity contribution is 7.91. The van der Waals surface area contributed by atoms with Crippen LogP contribution in [0.1, 0.15) is 74.5 Å². The van der Waals surface area contributed by atoms with E-state index in [1.54, 1.807) is 31.2 Å². The standard InChI is InChI=1S/C26H33NO3S/c1-2-31(29,30)23-14-11-19(12-15-23)17-26(28)27-22-13-16-25-21(18-22)9-6-10-24(25)20-7-4-3-5-8-20/h11-16,18,20,24H,2-10,17H2,1H3,(H,27,28). The minimum Gasteiger partial charge on any atom is -0.326 e. The van der Waals surface area contributed by atoms with Crippen molar-refractivity contribution < 1.29 is 13.2 Å². The molecule has 1 amide bonds. The minimum absolute atomic E-state index is 0.0762. The third kappa shape index (κ3) is 5.20. The first-order chi connectivity index (χ1) is 15.0. The molecule has 0 radical (unpaired) electrons.